The standard InChI is InChI=1S/C19H21N5O2.C2HF3O2/c1-12-6-13(20-17(25)14-4-5-23(3)22-14)7-24-8-15(21-16(12)24)19-9-18(2,10-19)26-11-19;3-2(4,5)1(6)7/h4-8H,9-11H2,1-3H3,(H,20,25);(H,6,7). The van der Waals surface area contributed by atoms with E-state index in [1.54, 1.807) is 24.0 Å². The number of hydrogen-bond acceptors (Lipinski definition) is 5. The van der Waals surface area contributed by atoms with Gasteiger partial charge in [-0.15, -0.1) is 0 Å². The molecular weight excluding hydrogens is 443 g/mol. The molecule has 2 bridgehead atoms. The molecule has 9 nitrogen and oxygen atoms in total. The molecule has 0 aromatic carbocycles. The summed E-state index contributed by atoms with van der Waals surface area (Å²) < 4.78 is 41.3. The zero-order valence-electron chi connectivity index (χ0n) is 18.1. The van der Waals surface area contributed by atoms with E-state index in [9.17, 15) is 18.0 Å². The van der Waals surface area contributed by atoms with Gasteiger partial charge in [0.15, 0.2) is 5.69 Å². The Labute approximate surface area is 186 Å². The molecule has 0 unspecified atom stereocenters. The third-order valence-corrected chi connectivity index (χ3v) is 5.85. The van der Waals surface area contributed by atoms with E-state index >= 15 is 0 Å². The lowest BCUT2D eigenvalue weighted by atomic mass is 9.62. The van der Waals surface area contributed by atoms with Gasteiger partial charge < -0.3 is 19.6 Å². The number of aliphatic carboxylic acids is 1. The third kappa shape index (κ3) is 4.30. The highest BCUT2D eigenvalue weighted by atomic mass is 19.4. The maximum atomic E-state index is 12.4. The number of imidazole rings is 1. The average Bonchev–Trinajstić information content (AvgIpc) is 3.43. The molecule has 1 aliphatic carbocycles. The predicted molar refractivity (Wildman–Crippen MR) is 110 cm³/mol. The Hall–Kier alpha value is -3.41. The van der Waals surface area contributed by atoms with Gasteiger partial charge in [-0.25, -0.2) is 9.78 Å². The Kier molecular flexibility index (Phi) is 5.23. The van der Waals surface area contributed by atoms with Crippen molar-refractivity contribution in [1.82, 2.24) is 19.2 Å². The molecule has 0 atom stereocenters. The van der Waals surface area contributed by atoms with Gasteiger partial charge in [-0.05, 0) is 44.4 Å². The number of halogens is 3. The van der Waals surface area contributed by atoms with Gasteiger partial charge in [-0.1, -0.05) is 0 Å². The van der Waals surface area contributed by atoms with Gasteiger partial charge in [0.2, 0.25) is 0 Å². The number of carbonyl (C=O) groups excluding carboxylic acids is 1. The van der Waals surface area contributed by atoms with Crippen LogP contribution in [-0.4, -0.2) is 54.5 Å². The zero-order chi connectivity index (χ0) is 24.2. The van der Waals surface area contributed by atoms with E-state index in [1.807, 2.05) is 23.6 Å². The minimum Gasteiger partial charge on any atom is -0.475 e. The number of pyridine rings is 1. The molecule has 3 fully saturated rings. The summed E-state index contributed by atoms with van der Waals surface area (Å²) in [5, 5.41) is 14.2. The first-order chi connectivity index (χ1) is 15.3. The van der Waals surface area contributed by atoms with Crippen LogP contribution in [0.15, 0.2) is 30.7 Å². The SMILES string of the molecule is Cc1cc(NC(=O)c2ccn(C)n2)cn2cc(C34COC(C)(C3)C4)nc12.O=C(O)C(F)(F)F. The monoisotopic (exact) mass is 465 g/mol. The highest BCUT2D eigenvalue weighted by Crippen LogP contribution is 2.58. The molecule has 2 N–H and O–H groups in total. The lowest BCUT2D eigenvalue weighted by molar-refractivity contribution is -0.192. The average molecular weight is 465 g/mol. The molecule has 12 heteroatoms. The zero-order valence-corrected chi connectivity index (χ0v) is 18.1. The van der Waals surface area contributed by atoms with E-state index in [2.05, 4.69) is 23.5 Å². The van der Waals surface area contributed by atoms with Crippen LogP contribution in [-0.2, 0) is 22.0 Å². The van der Waals surface area contributed by atoms with Crippen LogP contribution in [0.25, 0.3) is 5.65 Å². The molecular formula is C21H22F3N5O4. The molecule has 2 saturated heterocycles. The van der Waals surface area contributed by atoms with Crippen molar-refractivity contribution in [1.29, 1.82) is 0 Å². The minimum atomic E-state index is -5.08. The van der Waals surface area contributed by atoms with E-state index in [0.29, 0.717) is 5.69 Å². The summed E-state index contributed by atoms with van der Waals surface area (Å²) in [6, 6.07) is 3.64. The molecule has 33 heavy (non-hydrogen) atoms. The summed E-state index contributed by atoms with van der Waals surface area (Å²) >= 11 is 0. The molecule has 1 amide bonds. The minimum absolute atomic E-state index is 0.0344. The summed E-state index contributed by atoms with van der Waals surface area (Å²) in [5.74, 6) is -2.98. The second-order valence-corrected chi connectivity index (χ2v) is 8.77. The second-order valence-electron chi connectivity index (χ2n) is 8.77. The number of alkyl halides is 3. The number of aromatic nitrogens is 4. The van der Waals surface area contributed by atoms with E-state index in [-0.39, 0.29) is 16.9 Å². The van der Waals surface area contributed by atoms with E-state index in [4.69, 9.17) is 19.6 Å². The van der Waals surface area contributed by atoms with Crippen LogP contribution >= 0.6 is 0 Å². The fourth-order valence-electron chi connectivity index (χ4n) is 4.48. The molecule has 3 aromatic rings. The van der Waals surface area contributed by atoms with Crippen molar-refractivity contribution >= 4 is 23.2 Å². The number of nitrogens with one attached hydrogen (secondary N) is 1. The van der Waals surface area contributed by atoms with Crippen LogP contribution < -0.4 is 5.32 Å². The fraction of sp³-hybridized carbons (Fsp3) is 0.429. The maximum Gasteiger partial charge on any atom is 0.490 e. The fourth-order valence-corrected chi connectivity index (χ4v) is 4.48. The number of fused-ring (bicyclic) bond motifs is 2. The van der Waals surface area contributed by atoms with Crippen LogP contribution in [0.5, 0.6) is 0 Å². The van der Waals surface area contributed by atoms with Crippen molar-refractivity contribution in [3.63, 3.8) is 0 Å². The van der Waals surface area contributed by atoms with Crippen molar-refractivity contribution in [3.05, 3.63) is 47.7 Å². The first kappa shape index (κ1) is 22.8. The first-order valence-corrected chi connectivity index (χ1v) is 10.1. The van der Waals surface area contributed by atoms with Crippen LogP contribution in [0.3, 0.4) is 0 Å². The number of anilines is 1. The smallest absolute Gasteiger partial charge is 0.475 e. The second kappa shape index (κ2) is 7.58. The molecule has 0 spiro atoms. The van der Waals surface area contributed by atoms with Gasteiger partial charge in [0.25, 0.3) is 5.91 Å². The maximum absolute atomic E-state index is 12.4. The number of carboxylic acids is 1. The number of amides is 1. The third-order valence-electron chi connectivity index (χ3n) is 5.85. The predicted octanol–water partition coefficient (Wildman–Crippen LogP) is 3.08. The Bertz CT molecular complexity index is 1240. The molecule has 2 aliphatic heterocycles. The summed E-state index contributed by atoms with van der Waals surface area (Å²) in [6.45, 7) is 4.93. The van der Waals surface area contributed by atoms with Gasteiger partial charge in [0.1, 0.15) is 5.65 Å². The van der Waals surface area contributed by atoms with Crippen molar-refractivity contribution in [3.8, 4) is 0 Å². The molecule has 176 valence electrons. The van der Waals surface area contributed by atoms with Gasteiger partial charge >= 0.3 is 12.1 Å². The highest BCUT2D eigenvalue weighted by molar-refractivity contribution is 6.02. The van der Waals surface area contributed by atoms with Crippen LogP contribution in [0.2, 0.25) is 0 Å². The Balaban J connectivity index is 0.000000325. The number of rotatable bonds is 3. The molecule has 1 saturated carbocycles. The molecule has 0 radical (unpaired) electrons. The van der Waals surface area contributed by atoms with E-state index in [0.717, 1.165) is 42.0 Å². The van der Waals surface area contributed by atoms with Crippen molar-refractivity contribution in [2.75, 3.05) is 11.9 Å². The van der Waals surface area contributed by atoms with Gasteiger partial charge in [0, 0.05) is 31.1 Å². The number of hydrogen-bond donors (Lipinski definition) is 2. The number of nitrogens with zero attached hydrogens (tertiary/aromatic N) is 4. The van der Waals surface area contributed by atoms with Gasteiger partial charge in [0.05, 0.1) is 23.6 Å². The normalized spacial score (nSPS) is 23.6. The van der Waals surface area contributed by atoms with Crippen LogP contribution in [0.4, 0.5) is 18.9 Å². The molecule has 5 heterocycles. The molecule has 3 aliphatic rings. The summed E-state index contributed by atoms with van der Waals surface area (Å²) in [6.07, 6.45) is 2.72. The summed E-state index contributed by atoms with van der Waals surface area (Å²) in [7, 11) is 1.79. The number of ether oxygens (including phenoxy) is 1. The quantitative estimate of drug-likeness (QED) is 0.615. The van der Waals surface area contributed by atoms with Crippen molar-refractivity contribution in [2.24, 2.45) is 7.05 Å². The van der Waals surface area contributed by atoms with Gasteiger partial charge in [-0.3, -0.25) is 9.48 Å². The van der Waals surface area contributed by atoms with Crippen LogP contribution in [0, 0.1) is 6.92 Å². The van der Waals surface area contributed by atoms with E-state index in [1.165, 1.54) is 0 Å². The van der Waals surface area contributed by atoms with Crippen LogP contribution in [0.1, 0.15) is 41.5 Å². The van der Waals surface area contributed by atoms with Crippen molar-refractivity contribution in [2.45, 2.75) is 43.9 Å². The summed E-state index contributed by atoms with van der Waals surface area (Å²) in [5.41, 5.74) is 4.25. The molecule has 6 rings (SSSR count). The largest absolute Gasteiger partial charge is 0.490 e. The molecule has 3 aromatic heterocycles. The Morgan fingerprint density at radius 1 is 1.27 bits per heavy atom. The van der Waals surface area contributed by atoms with E-state index < -0.39 is 12.1 Å². The van der Waals surface area contributed by atoms with Crippen molar-refractivity contribution < 1.29 is 32.6 Å². The number of carboxylic acid groups (broad SMARTS) is 1. The topological polar surface area (TPSA) is 111 Å². The Morgan fingerprint density at radius 2 is 1.94 bits per heavy atom. The number of carbonyl (C=O) groups is 2. The number of aryl methyl sites for hydroxylation is 2. The summed E-state index contributed by atoms with van der Waals surface area (Å²) in [4.78, 5) is 26.1. The lowest BCUT2D eigenvalue weighted by Crippen LogP contribution is -2.45. The lowest BCUT2D eigenvalue weighted by Gasteiger charge is -2.41. The Morgan fingerprint density at radius 3 is 2.45 bits per heavy atom. The first-order valence-electron chi connectivity index (χ1n) is 10.1. The van der Waals surface area contributed by atoms with Gasteiger partial charge in [-0.2, -0.15) is 18.3 Å². The highest BCUT2D eigenvalue weighted by Gasteiger charge is 2.61.